The highest BCUT2D eigenvalue weighted by molar-refractivity contribution is 5.84. The average molecular weight is 322 g/mol. The molecule has 0 aliphatic heterocycles. The lowest BCUT2D eigenvalue weighted by Crippen LogP contribution is -2.15. The number of carbonyl (C=O) groups is 3. The Morgan fingerprint density at radius 3 is 1.14 bits per heavy atom. The monoisotopic (exact) mass is 322 g/mol. The van der Waals surface area contributed by atoms with Gasteiger partial charge in [0.1, 0.15) is 6.10 Å². The average Bonchev–Trinajstić information content (AvgIpc) is 2.47. The van der Waals surface area contributed by atoms with Crippen LogP contribution in [0.15, 0.2) is 37.5 Å². The molecule has 9 heteroatoms. The van der Waals surface area contributed by atoms with Gasteiger partial charge in [-0.1, -0.05) is 19.7 Å². The highest BCUT2D eigenvalue weighted by Crippen LogP contribution is 1.81. The molecule has 0 aromatic carbocycles. The molecular formula is C13H22O9. The quantitative estimate of drug-likeness (QED) is 0.364. The zero-order valence-electron chi connectivity index (χ0n) is 12.2. The van der Waals surface area contributed by atoms with Crippen LogP contribution in [0, 0.1) is 0 Å². The Balaban J connectivity index is -0.0000000986. The van der Waals surface area contributed by atoms with Gasteiger partial charge in [-0.05, 0) is 6.92 Å². The summed E-state index contributed by atoms with van der Waals surface area (Å²) in [5.74, 6) is -2.90. The van der Waals surface area contributed by atoms with E-state index in [1.165, 1.54) is 6.92 Å². The van der Waals surface area contributed by atoms with Gasteiger partial charge >= 0.3 is 17.9 Å². The predicted molar refractivity (Wildman–Crippen MR) is 78.3 cm³/mol. The van der Waals surface area contributed by atoms with Crippen molar-refractivity contribution in [3.8, 4) is 0 Å². The number of hydrogen-bond donors (Lipinski definition) is 6. The van der Waals surface area contributed by atoms with E-state index in [-0.39, 0.29) is 18.8 Å². The summed E-state index contributed by atoms with van der Waals surface area (Å²) >= 11 is 0. The molecule has 0 spiro atoms. The molecule has 0 atom stereocenters. The number of carboxylic acid groups (broad SMARTS) is 3. The SMILES string of the molecule is C=C(C)C(=O)O.C=CC(=O)O.C=CC(=O)O.OCC(O)CO. The van der Waals surface area contributed by atoms with Gasteiger partial charge in [-0.15, -0.1) is 0 Å². The standard InChI is InChI=1S/C4H6O2.C3H8O3.2C3H4O2/c1-3(2)4(5)6;4-1-3(6)2-5;2*1-2-3(4)5/h1H2,2H3,(H,5,6);3-6H,1-2H2;2*2H,1H2,(H,4,5). The van der Waals surface area contributed by atoms with Gasteiger partial charge in [0.15, 0.2) is 0 Å². The third kappa shape index (κ3) is 52.8. The molecule has 0 rings (SSSR count). The lowest BCUT2D eigenvalue weighted by atomic mass is 10.4. The van der Waals surface area contributed by atoms with E-state index in [4.69, 9.17) is 30.6 Å². The second-order valence-electron chi connectivity index (χ2n) is 3.19. The maximum absolute atomic E-state index is 9.60. The summed E-state index contributed by atoms with van der Waals surface area (Å²) in [6.07, 6.45) is 0.713. The number of rotatable bonds is 5. The fourth-order valence-corrected chi connectivity index (χ4v) is 0.0577. The fraction of sp³-hybridized carbons (Fsp3) is 0.308. The van der Waals surface area contributed by atoms with E-state index in [9.17, 15) is 14.4 Å². The summed E-state index contributed by atoms with van der Waals surface area (Å²) in [6.45, 7) is 9.79. The third-order valence-electron chi connectivity index (χ3n) is 1.14. The van der Waals surface area contributed by atoms with Crippen molar-refractivity contribution >= 4 is 17.9 Å². The van der Waals surface area contributed by atoms with E-state index < -0.39 is 24.0 Å². The second kappa shape index (κ2) is 20.8. The number of hydrogen-bond acceptors (Lipinski definition) is 6. The van der Waals surface area contributed by atoms with Crippen LogP contribution in [0.1, 0.15) is 6.92 Å². The molecule has 0 amide bonds. The van der Waals surface area contributed by atoms with Crippen LogP contribution < -0.4 is 0 Å². The molecule has 0 aliphatic carbocycles. The summed E-state index contributed by atoms with van der Waals surface area (Å²) in [5.41, 5.74) is 0.176. The Kier molecular flexibility index (Phi) is 26.3. The normalized spacial score (nSPS) is 7.68. The van der Waals surface area contributed by atoms with E-state index in [0.717, 1.165) is 12.2 Å². The summed E-state index contributed by atoms with van der Waals surface area (Å²) < 4.78 is 0. The second-order valence-corrected chi connectivity index (χ2v) is 3.19. The zero-order valence-corrected chi connectivity index (χ0v) is 12.2. The molecule has 0 saturated heterocycles. The van der Waals surface area contributed by atoms with Gasteiger partial charge in [0.2, 0.25) is 0 Å². The molecule has 0 bridgehead atoms. The van der Waals surface area contributed by atoms with Gasteiger partial charge in [0.25, 0.3) is 0 Å². The van der Waals surface area contributed by atoms with Crippen LogP contribution in [0.25, 0.3) is 0 Å². The minimum Gasteiger partial charge on any atom is -0.478 e. The minimum absolute atomic E-state index is 0.176. The first kappa shape index (κ1) is 27.8. The fourth-order valence-electron chi connectivity index (χ4n) is 0.0577. The van der Waals surface area contributed by atoms with Crippen LogP contribution in [0.3, 0.4) is 0 Å². The maximum atomic E-state index is 9.60. The van der Waals surface area contributed by atoms with Crippen LogP contribution in [-0.2, 0) is 14.4 Å². The molecule has 22 heavy (non-hydrogen) atoms. The van der Waals surface area contributed by atoms with Crippen LogP contribution in [0.4, 0.5) is 0 Å². The van der Waals surface area contributed by atoms with E-state index in [1.54, 1.807) is 0 Å². The smallest absolute Gasteiger partial charge is 0.330 e. The van der Waals surface area contributed by atoms with E-state index >= 15 is 0 Å². The van der Waals surface area contributed by atoms with Crippen molar-refractivity contribution in [2.24, 2.45) is 0 Å². The summed E-state index contributed by atoms with van der Waals surface area (Å²) in [6, 6.07) is 0. The van der Waals surface area contributed by atoms with Gasteiger partial charge in [-0.25, -0.2) is 14.4 Å². The van der Waals surface area contributed by atoms with Crippen molar-refractivity contribution in [1.29, 1.82) is 0 Å². The lowest BCUT2D eigenvalue weighted by Gasteiger charge is -1.96. The minimum atomic E-state index is -0.981. The number of aliphatic hydroxyl groups is 3. The van der Waals surface area contributed by atoms with Crippen molar-refractivity contribution in [3.63, 3.8) is 0 Å². The molecule has 0 heterocycles. The molecule has 0 aliphatic rings. The molecule has 0 aromatic heterocycles. The Morgan fingerprint density at radius 1 is 0.955 bits per heavy atom. The molecule has 0 unspecified atom stereocenters. The predicted octanol–water partition coefficient (Wildman–Crippen LogP) is -0.507. The van der Waals surface area contributed by atoms with Crippen molar-refractivity contribution in [2.75, 3.05) is 13.2 Å². The van der Waals surface area contributed by atoms with Crippen LogP contribution in [-0.4, -0.2) is 67.9 Å². The zero-order chi connectivity index (χ0) is 18.7. The maximum Gasteiger partial charge on any atom is 0.330 e. The first-order valence-corrected chi connectivity index (χ1v) is 5.49. The largest absolute Gasteiger partial charge is 0.478 e. The van der Waals surface area contributed by atoms with Crippen LogP contribution >= 0.6 is 0 Å². The molecule has 0 fully saturated rings. The summed E-state index contributed by atoms with van der Waals surface area (Å²) in [5, 5.41) is 47.1. The Hall–Kier alpha value is -2.49. The highest BCUT2D eigenvalue weighted by atomic mass is 16.4. The topological polar surface area (TPSA) is 173 Å². The molecule has 0 radical (unpaired) electrons. The Morgan fingerprint density at radius 2 is 1.14 bits per heavy atom. The van der Waals surface area contributed by atoms with Crippen molar-refractivity contribution < 1.29 is 45.0 Å². The lowest BCUT2D eigenvalue weighted by molar-refractivity contribution is -0.133. The number of aliphatic hydroxyl groups excluding tert-OH is 3. The third-order valence-corrected chi connectivity index (χ3v) is 1.14. The summed E-state index contributed by atoms with van der Waals surface area (Å²) in [7, 11) is 0. The molecule has 6 N–H and O–H groups in total. The first-order chi connectivity index (χ1) is 9.99. The molecular weight excluding hydrogens is 300 g/mol. The van der Waals surface area contributed by atoms with Crippen LogP contribution in [0.2, 0.25) is 0 Å². The first-order valence-electron chi connectivity index (χ1n) is 5.49. The van der Waals surface area contributed by atoms with Crippen molar-refractivity contribution in [2.45, 2.75) is 13.0 Å². The van der Waals surface area contributed by atoms with Gasteiger partial charge in [-0.3, -0.25) is 0 Å². The van der Waals surface area contributed by atoms with Gasteiger partial charge < -0.3 is 30.6 Å². The van der Waals surface area contributed by atoms with Gasteiger partial charge in [0.05, 0.1) is 13.2 Å². The number of aliphatic carboxylic acids is 3. The highest BCUT2D eigenvalue weighted by Gasteiger charge is 1.93. The molecule has 0 aromatic rings. The molecule has 0 saturated carbocycles. The van der Waals surface area contributed by atoms with Gasteiger partial charge in [0, 0.05) is 17.7 Å². The van der Waals surface area contributed by atoms with Crippen molar-refractivity contribution in [3.05, 3.63) is 37.5 Å². The van der Waals surface area contributed by atoms with E-state index in [1.807, 2.05) is 0 Å². The Labute approximate surface area is 127 Å². The summed E-state index contributed by atoms with van der Waals surface area (Å²) in [4.78, 5) is 28.1. The molecule has 128 valence electrons. The molecule has 9 nitrogen and oxygen atoms in total. The van der Waals surface area contributed by atoms with E-state index in [2.05, 4.69) is 19.7 Å². The van der Waals surface area contributed by atoms with Crippen LogP contribution in [0.5, 0.6) is 0 Å². The van der Waals surface area contributed by atoms with E-state index in [0.29, 0.717) is 0 Å². The Bertz CT molecular complexity index is 327. The van der Waals surface area contributed by atoms with Crippen molar-refractivity contribution in [1.82, 2.24) is 0 Å². The van der Waals surface area contributed by atoms with Gasteiger partial charge in [-0.2, -0.15) is 0 Å². The number of carboxylic acids is 3.